The van der Waals surface area contributed by atoms with Gasteiger partial charge in [-0.15, -0.1) is 0 Å². The highest BCUT2D eigenvalue weighted by Crippen LogP contribution is 2.43. The van der Waals surface area contributed by atoms with Gasteiger partial charge in [0.2, 0.25) is 0 Å². The fourth-order valence-corrected chi connectivity index (χ4v) is 3.58. The average Bonchev–Trinajstić information content (AvgIpc) is 2.91. The molecule has 0 aromatic carbocycles. The van der Waals surface area contributed by atoms with Crippen molar-refractivity contribution in [3.05, 3.63) is 55.6 Å². The van der Waals surface area contributed by atoms with Gasteiger partial charge in [-0.3, -0.25) is 14.6 Å². The van der Waals surface area contributed by atoms with E-state index in [0.717, 1.165) is 24.3 Å². The maximum Gasteiger partial charge on any atom is 0.258 e. The molecule has 3 N–H and O–H groups in total. The summed E-state index contributed by atoms with van der Waals surface area (Å²) in [4.78, 5) is 30.6. The van der Waals surface area contributed by atoms with Gasteiger partial charge in [0.05, 0.1) is 11.5 Å². The van der Waals surface area contributed by atoms with Gasteiger partial charge in [-0.05, 0) is 44.1 Å². The van der Waals surface area contributed by atoms with E-state index in [9.17, 15) is 9.59 Å². The zero-order chi connectivity index (χ0) is 16.1. The monoisotopic (exact) mass is 329 g/mol. The van der Waals surface area contributed by atoms with Gasteiger partial charge in [-0.1, -0.05) is 0 Å². The molecular weight excluding hydrogens is 314 g/mol. The molecule has 0 saturated heterocycles. The van der Waals surface area contributed by atoms with Crippen molar-refractivity contribution in [1.82, 2.24) is 9.97 Å². The Morgan fingerprint density at radius 1 is 1.22 bits per heavy atom. The SMILES string of the molecule is Cc1ccc([C@@H]2C3=C(CCCC3=O)Nc3[nH]c(=S)[nH]c(=O)c32)o1. The number of allylic oxidation sites excluding steroid dienone is 2. The molecule has 0 bridgehead atoms. The van der Waals surface area contributed by atoms with Gasteiger partial charge in [-0.25, -0.2) is 0 Å². The van der Waals surface area contributed by atoms with Gasteiger partial charge >= 0.3 is 0 Å². The van der Waals surface area contributed by atoms with Crippen LogP contribution in [0, 0.1) is 11.7 Å². The van der Waals surface area contributed by atoms with Gasteiger partial charge in [0.25, 0.3) is 5.56 Å². The highest BCUT2D eigenvalue weighted by atomic mass is 32.1. The number of aromatic amines is 2. The molecule has 23 heavy (non-hydrogen) atoms. The molecule has 1 aliphatic heterocycles. The number of ketones is 1. The van der Waals surface area contributed by atoms with E-state index in [-0.39, 0.29) is 16.1 Å². The minimum atomic E-state index is -0.502. The summed E-state index contributed by atoms with van der Waals surface area (Å²) >= 11 is 5.06. The van der Waals surface area contributed by atoms with E-state index in [4.69, 9.17) is 16.6 Å². The van der Waals surface area contributed by atoms with Crippen molar-refractivity contribution >= 4 is 23.8 Å². The Bertz CT molecular complexity index is 963. The third-order valence-corrected chi connectivity index (χ3v) is 4.54. The third kappa shape index (κ3) is 2.19. The van der Waals surface area contributed by atoms with Crippen LogP contribution >= 0.6 is 12.2 Å². The van der Waals surface area contributed by atoms with E-state index < -0.39 is 5.92 Å². The molecule has 1 atom stereocenters. The Hall–Kier alpha value is -2.41. The van der Waals surface area contributed by atoms with Crippen molar-refractivity contribution in [2.45, 2.75) is 32.1 Å². The first-order valence-corrected chi connectivity index (χ1v) is 7.91. The van der Waals surface area contributed by atoms with Gasteiger partial charge < -0.3 is 14.7 Å². The number of furan rings is 1. The second kappa shape index (κ2) is 5.06. The molecule has 2 aliphatic rings. The van der Waals surface area contributed by atoms with Crippen LogP contribution in [0.1, 0.15) is 42.3 Å². The Morgan fingerprint density at radius 3 is 2.78 bits per heavy atom. The predicted octanol–water partition coefficient (Wildman–Crippen LogP) is 2.90. The molecule has 0 amide bonds. The predicted molar refractivity (Wildman–Crippen MR) is 87.0 cm³/mol. The zero-order valence-corrected chi connectivity index (χ0v) is 13.3. The van der Waals surface area contributed by atoms with Gasteiger partial charge in [0, 0.05) is 17.7 Å². The number of Topliss-reactive ketones (excluding diaryl/α,β-unsaturated/α-hetero) is 1. The summed E-state index contributed by atoms with van der Waals surface area (Å²) in [6.45, 7) is 1.84. The average molecular weight is 329 g/mol. The lowest BCUT2D eigenvalue weighted by Crippen LogP contribution is -2.32. The van der Waals surface area contributed by atoms with Crippen LogP contribution in [0.5, 0.6) is 0 Å². The van der Waals surface area contributed by atoms with Crippen LogP contribution in [0.25, 0.3) is 0 Å². The summed E-state index contributed by atoms with van der Waals surface area (Å²) in [5, 5.41) is 3.19. The number of hydrogen-bond donors (Lipinski definition) is 3. The van der Waals surface area contributed by atoms with Crippen LogP contribution in [-0.2, 0) is 4.79 Å². The lowest BCUT2D eigenvalue weighted by atomic mass is 9.79. The highest BCUT2D eigenvalue weighted by Gasteiger charge is 2.38. The zero-order valence-electron chi connectivity index (χ0n) is 12.5. The van der Waals surface area contributed by atoms with Crippen LogP contribution in [0.3, 0.4) is 0 Å². The molecule has 0 radical (unpaired) electrons. The second-order valence-corrected chi connectivity index (χ2v) is 6.28. The number of nitrogens with one attached hydrogen (secondary N) is 3. The molecule has 1 aliphatic carbocycles. The van der Waals surface area contributed by atoms with Crippen LogP contribution in [0.4, 0.5) is 5.82 Å². The van der Waals surface area contributed by atoms with Gasteiger partial charge in [0.1, 0.15) is 17.3 Å². The molecular formula is C16H15N3O3S. The number of aryl methyl sites for hydroxylation is 1. The van der Waals surface area contributed by atoms with E-state index in [1.54, 1.807) is 0 Å². The van der Waals surface area contributed by atoms with Crippen molar-refractivity contribution < 1.29 is 9.21 Å². The van der Waals surface area contributed by atoms with Crippen molar-refractivity contribution in [3.63, 3.8) is 0 Å². The van der Waals surface area contributed by atoms with Crippen molar-refractivity contribution in [3.8, 4) is 0 Å². The Morgan fingerprint density at radius 2 is 2.04 bits per heavy atom. The molecule has 0 spiro atoms. The van der Waals surface area contributed by atoms with Gasteiger partial charge in [-0.2, -0.15) is 0 Å². The van der Waals surface area contributed by atoms with Gasteiger partial charge in [0.15, 0.2) is 10.6 Å². The molecule has 2 aromatic rings. The van der Waals surface area contributed by atoms with E-state index in [1.165, 1.54) is 0 Å². The first kappa shape index (κ1) is 14.2. The number of carbonyl (C=O) groups is 1. The smallest absolute Gasteiger partial charge is 0.258 e. The highest BCUT2D eigenvalue weighted by molar-refractivity contribution is 7.71. The topological polar surface area (TPSA) is 90.9 Å². The fraction of sp³-hybridized carbons (Fsp3) is 0.312. The second-order valence-electron chi connectivity index (χ2n) is 5.87. The number of anilines is 1. The number of hydrogen-bond acceptors (Lipinski definition) is 5. The molecule has 0 unspecified atom stereocenters. The third-order valence-electron chi connectivity index (χ3n) is 4.33. The van der Waals surface area contributed by atoms with E-state index in [2.05, 4.69) is 15.3 Å². The molecule has 7 heteroatoms. The van der Waals surface area contributed by atoms with E-state index >= 15 is 0 Å². The minimum absolute atomic E-state index is 0.0605. The Balaban J connectivity index is 2.02. The summed E-state index contributed by atoms with van der Waals surface area (Å²) in [7, 11) is 0. The minimum Gasteiger partial charge on any atom is -0.465 e. The number of H-pyrrole nitrogens is 2. The lowest BCUT2D eigenvalue weighted by Gasteiger charge is -2.31. The summed E-state index contributed by atoms with van der Waals surface area (Å²) in [6, 6.07) is 3.66. The molecule has 0 saturated carbocycles. The van der Waals surface area contributed by atoms with Crippen LogP contribution in [-0.4, -0.2) is 15.8 Å². The number of rotatable bonds is 1. The molecule has 6 nitrogen and oxygen atoms in total. The van der Waals surface area contributed by atoms with E-state index in [0.29, 0.717) is 29.1 Å². The summed E-state index contributed by atoms with van der Waals surface area (Å²) in [6.07, 6.45) is 2.06. The van der Waals surface area contributed by atoms with E-state index in [1.807, 2.05) is 19.1 Å². The standard InChI is InChI=1S/C16H15N3O3S/c1-7-5-6-10(22-7)12-11-8(3-2-4-9(11)20)17-14-13(12)15(21)19-16(23)18-14/h5-6,12H,2-4H2,1H3,(H3,17,18,19,21,23)/t12-/m1/s1. The molecule has 2 aromatic heterocycles. The fourth-order valence-electron chi connectivity index (χ4n) is 3.39. The Labute approximate surface area is 136 Å². The van der Waals surface area contributed by atoms with Crippen LogP contribution in [0.15, 0.2) is 32.6 Å². The summed E-state index contributed by atoms with van der Waals surface area (Å²) < 4.78 is 6.01. The normalized spacial score (nSPS) is 20.0. The first-order chi connectivity index (χ1) is 11.0. The number of fused-ring (bicyclic) bond motifs is 1. The molecule has 4 rings (SSSR count). The lowest BCUT2D eigenvalue weighted by molar-refractivity contribution is -0.116. The van der Waals surface area contributed by atoms with Crippen molar-refractivity contribution in [2.75, 3.05) is 5.32 Å². The Kier molecular flexibility index (Phi) is 3.12. The van der Waals surface area contributed by atoms with Crippen molar-refractivity contribution in [1.29, 1.82) is 0 Å². The van der Waals surface area contributed by atoms with Crippen LogP contribution < -0.4 is 10.9 Å². The number of aromatic nitrogens is 2. The van der Waals surface area contributed by atoms with Crippen LogP contribution in [0.2, 0.25) is 0 Å². The first-order valence-electron chi connectivity index (χ1n) is 7.50. The quantitative estimate of drug-likeness (QED) is 0.700. The molecule has 118 valence electrons. The maximum atomic E-state index is 12.5. The largest absolute Gasteiger partial charge is 0.465 e. The molecule has 3 heterocycles. The maximum absolute atomic E-state index is 12.5. The molecule has 0 fully saturated rings. The summed E-state index contributed by atoms with van der Waals surface area (Å²) in [5.41, 5.74) is 1.63. The number of carbonyl (C=O) groups excluding carboxylic acids is 1. The summed E-state index contributed by atoms with van der Waals surface area (Å²) in [5.74, 6) is 1.45. The van der Waals surface area contributed by atoms with Crippen molar-refractivity contribution in [2.24, 2.45) is 0 Å².